The van der Waals surface area contributed by atoms with Gasteiger partial charge in [-0.3, -0.25) is 4.79 Å². The lowest BCUT2D eigenvalue weighted by Gasteiger charge is -2.14. The summed E-state index contributed by atoms with van der Waals surface area (Å²) in [6.45, 7) is 0. The minimum absolute atomic E-state index is 0.0139. The largest absolute Gasteiger partial charge is 0.322 e. The molecule has 0 saturated carbocycles. The third kappa shape index (κ3) is 3.82. The van der Waals surface area contributed by atoms with Crippen LogP contribution in [0.25, 0.3) is 0 Å². The van der Waals surface area contributed by atoms with Crippen LogP contribution in [0.1, 0.15) is 15.9 Å². The van der Waals surface area contributed by atoms with Crippen molar-refractivity contribution < 1.29 is 13.2 Å². The van der Waals surface area contributed by atoms with Crippen LogP contribution >= 0.6 is 15.9 Å². The Hall–Kier alpha value is -2.21. The lowest BCUT2D eigenvalue weighted by Crippen LogP contribution is -2.23. The van der Waals surface area contributed by atoms with Gasteiger partial charge in [0.15, 0.2) is 0 Å². The van der Waals surface area contributed by atoms with E-state index in [1.807, 2.05) is 6.07 Å². The Balaban J connectivity index is 2.32. The quantitative estimate of drug-likeness (QED) is 0.843. The molecule has 2 aromatic rings. The molecule has 2 aromatic carbocycles. The highest BCUT2D eigenvalue weighted by Gasteiger charge is 2.22. The van der Waals surface area contributed by atoms with E-state index in [1.165, 1.54) is 32.3 Å². The number of carbonyl (C=O) groups is 1. The Morgan fingerprint density at radius 2 is 1.79 bits per heavy atom. The summed E-state index contributed by atoms with van der Waals surface area (Å²) in [5.41, 5.74) is 1.21. The summed E-state index contributed by atoms with van der Waals surface area (Å²) in [6.07, 6.45) is 0. The van der Waals surface area contributed by atoms with E-state index in [4.69, 9.17) is 5.26 Å². The van der Waals surface area contributed by atoms with Crippen LogP contribution in [0.2, 0.25) is 0 Å². The molecule has 1 amide bonds. The molecule has 24 heavy (non-hydrogen) atoms. The molecule has 0 aliphatic rings. The predicted octanol–water partition coefficient (Wildman–Crippen LogP) is 2.82. The average molecular weight is 408 g/mol. The molecule has 0 atom stereocenters. The van der Waals surface area contributed by atoms with Crippen LogP contribution in [0, 0.1) is 11.3 Å². The molecule has 0 aliphatic heterocycles. The Bertz CT molecular complexity index is 917. The number of amides is 1. The van der Waals surface area contributed by atoms with Gasteiger partial charge in [-0.25, -0.2) is 12.7 Å². The van der Waals surface area contributed by atoms with Crippen molar-refractivity contribution in [3.8, 4) is 6.07 Å². The minimum atomic E-state index is -3.68. The van der Waals surface area contributed by atoms with Crippen molar-refractivity contribution in [1.82, 2.24) is 4.31 Å². The third-order valence-electron chi connectivity index (χ3n) is 3.22. The van der Waals surface area contributed by atoms with Gasteiger partial charge in [0.1, 0.15) is 0 Å². The van der Waals surface area contributed by atoms with Crippen LogP contribution in [0.5, 0.6) is 0 Å². The summed E-state index contributed by atoms with van der Waals surface area (Å²) >= 11 is 3.20. The van der Waals surface area contributed by atoms with Gasteiger partial charge in [0, 0.05) is 29.8 Å². The van der Waals surface area contributed by atoms with Crippen molar-refractivity contribution in [3.63, 3.8) is 0 Å². The van der Waals surface area contributed by atoms with Gasteiger partial charge in [-0.15, -0.1) is 0 Å². The number of hydrogen-bond acceptors (Lipinski definition) is 4. The second-order valence-corrected chi connectivity index (χ2v) is 8.05. The fourth-order valence-corrected chi connectivity index (χ4v) is 3.71. The van der Waals surface area contributed by atoms with Gasteiger partial charge in [0.25, 0.3) is 5.91 Å². The molecule has 0 saturated heterocycles. The summed E-state index contributed by atoms with van der Waals surface area (Å²) in [5, 5.41) is 11.4. The van der Waals surface area contributed by atoms with Gasteiger partial charge in [-0.05, 0) is 58.4 Å². The van der Waals surface area contributed by atoms with Crippen molar-refractivity contribution in [2.45, 2.75) is 4.90 Å². The minimum Gasteiger partial charge on any atom is -0.322 e. The fourth-order valence-electron chi connectivity index (χ4n) is 1.87. The van der Waals surface area contributed by atoms with Crippen LogP contribution in [-0.2, 0) is 10.0 Å². The molecule has 2 rings (SSSR count). The number of anilines is 1. The molecule has 0 aromatic heterocycles. The van der Waals surface area contributed by atoms with Crippen molar-refractivity contribution in [2.75, 3.05) is 19.4 Å². The zero-order chi connectivity index (χ0) is 17.9. The molecule has 0 radical (unpaired) electrons. The number of sulfonamides is 1. The van der Waals surface area contributed by atoms with E-state index in [2.05, 4.69) is 21.2 Å². The van der Waals surface area contributed by atoms with Crippen molar-refractivity contribution >= 4 is 37.5 Å². The number of nitrogens with zero attached hydrogens (tertiary/aromatic N) is 2. The molecule has 8 heteroatoms. The summed E-state index contributed by atoms with van der Waals surface area (Å²) in [6, 6.07) is 12.7. The van der Waals surface area contributed by atoms with Crippen LogP contribution in [0.3, 0.4) is 0 Å². The number of benzene rings is 2. The number of rotatable bonds is 4. The maximum Gasteiger partial charge on any atom is 0.255 e. The molecule has 0 unspecified atom stereocenters. The first-order valence-electron chi connectivity index (χ1n) is 6.79. The van der Waals surface area contributed by atoms with Crippen molar-refractivity contribution in [2.24, 2.45) is 0 Å². The molecule has 0 spiro atoms. The first kappa shape index (κ1) is 18.1. The third-order valence-corrected chi connectivity index (χ3v) is 6.03. The fraction of sp³-hybridized carbons (Fsp3) is 0.125. The van der Waals surface area contributed by atoms with E-state index in [0.29, 0.717) is 15.7 Å². The number of halogens is 1. The van der Waals surface area contributed by atoms with E-state index in [0.717, 1.165) is 4.31 Å². The van der Waals surface area contributed by atoms with E-state index in [1.54, 1.807) is 24.3 Å². The summed E-state index contributed by atoms with van der Waals surface area (Å²) < 4.78 is 26.0. The lowest BCUT2D eigenvalue weighted by atomic mass is 10.2. The standard InChI is InChI=1S/C16H14BrN3O3S/c1-20(2)24(22,23)15-9-12(5-8-14(15)17)16(21)19-13-6-3-11(10-18)4-7-13/h3-9H,1-2H3,(H,19,21). The topological polar surface area (TPSA) is 90.3 Å². The second kappa shape index (κ2) is 7.13. The monoisotopic (exact) mass is 407 g/mol. The van der Waals surface area contributed by atoms with Crippen molar-refractivity contribution in [1.29, 1.82) is 5.26 Å². The van der Waals surface area contributed by atoms with Gasteiger partial charge >= 0.3 is 0 Å². The van der Waals surface area contributed by atoms with E-state index >= 15 is 0 Å². The normalized spacial score (nSPS) is 11.1. The first-order valence-corrected chi connectivity index (χ1v) is 9.02. The van der Waals surface area contributed by atoms with Gasteiger partial charge in [-0.1, -0.05) is 0 Å². The van der Waals surface area contributed by atoms with Gasteiger partial charge in [0.05, 0.1) is 16.5 Å². The SMILES string of the molecule is CN(C)S(=O)(=O)c1cc(C(=O)Nc2ccc(C#N)cc2)ccc1Br. The summed E-state index contributed by atoms with van der Waals surface area (Å²) in [7, 11) is -0.831. The predicted molar refractivity (Wildman–Crippen MR) is 94.1 cm³/mol. The highest BCUT2D eigenvalue weighted by atomic mass is 79.9. The zero-order valence-electron chi connectivity index (χ0n) is 12.9. The molecule has 0 bridgehead atoms. The van der Waals surface area contributed by atoms with E-state index < -0.39 is 15.9 Å². The number of carbonyl (C=O) groups excluding carboxylic acids is 1. The molecule has 0 fully saturated rings. The molecular weight excluding hydrogens is 394 g/mol. The molecule has 0 aliphatic carbocycles. The maximum absolute atomic E-state index is 12.3. The van der Waals surface area contributed by atoms with E-state index in [9.17, 15) is 13.2 Å². The number of nitrogens with one attached hydrogen (secondary N) is 1. The molecular formula is C16H14BrN3O3S. The maximum atomic E-state index is 12.3. The highest BCUT2D eigenvalue weighted by Crippen LogP contribution is 2.25. The molecule has 1 N–H and O–H groups in total. The van der Waals surface area contributed by atoms with Gasteiger partial charge in [0.2, 0.25) is 10.0 Å². The summed E-state index contributed by atoms with van der Waals surface area (Å²) in [5.74, 6) is -0.442. The Labute approximate surface area is 148 Å². The van der Waals surface area contributed by atoms with Crippen LogP contribution < -0.4 is 5.32 Å². The first-order chi connectivity index (χ1) is 11.3. The van der Waals surface area contributed by atoms with Gasteiger partial charge < -0.3 is 5.32 Å². The van der Waals surface area contributed by atoms with Crippen LogP contribution in [-0.4, -0.2) is 32.7 Å². The molecule has 0 heterocycles. The molecule has 6 nitrogen and oxygen atoms in total. The summed E-state index contributed by atoms with van der Waals surface area (Å²) in [4.78, 5) is 12.3. The van der Waals surface area contributed by atoms with Gasteiger partial charge in [-0.2, -0.15) is 5.26 Å². The van der Waals surface area contributed by atoms with Crippen molar-refractivity contribution in [3.05, 3.63) is 58.1 Å². The van der Waals surface area contributed by atoms with Crippen LogP contribution in [0.15, 0.2) is 51.8 Å². The highest BCUT2D eigenvalue weighted by molar-refractivity contribution is 9.10. The Morgan fingerprint density at radius 1 is 1.17 bits per heavy atom. The number of hydrogen-bond donors (Lipinski definition) is 1. The number of nitriles is 1. The Morgan fingerprint density at radius 3 is 2.33 bits per heavy atom. The second-order valence-electron chi connectivity index (χ2n) is 5.08. The van der Waals surface area contributed by atoms with Crippen LogP contribution in [0.4, 0.5) is 5.69 Å². The zero-order valence-corrected chi connectivity index (χ0v) is 15.3. The molecule has 124 valence electrons. The smallest absolute Gasteiger partial charge is 0.255 e. The average Bonchev–Trinajstić information content (AvgIpc) is 2.55. The lowest BCUT2D eigenvalue weighted by molar-refractivity contribution is 0.102. The van der Waals surface area contributed by atoms with E-state index in [-0.39, 0.29) is 10.5 Å². The Kier molecular flexibility index (Phi) is 5.39.